The zero-order valence-electron chi connectivity index (χ0n) is 20.3. The second-order valence-electron chi connectivity index (χ2n) is 10.1. The third-order valence-electron chi connectivity index (χ3n) is 6.28. The number of benzene rings is 1. The van der Waals surface area contributed by atoms with Gasteiger partial charge in [0.25, 0.3) is 0 Å². The van der Waals surface area contributed by atoms with Crippen LogP contribution in [0.5, 0.6) is 5.75 Å². The fourth-order valence-corrected chi connectivity index (χ4v) is 6.39. The summed E-state index contributed by atoms with van der Waals surface area (Å²) in [7, 11) is 0.349. The number of aryl methyl sites for hydroxylation is 1. The summed E-state index contributed by atoms with van der Waals surface area (Å²) in [5.74, 6) is -0.147. The van der Waals surface area contributed by atoms with Crippen molar-refractivity contribution in [2.45, 2.75) is 46.1 Å². The van der Waals surface area contributed by atoms with Crippen molar-refractivity contribution >= 4 is 22.0 Å². The molecule has 1 heterocycles. The third kappa shape index (κ3) is 6.76. The first-order valence-corrected chi connectivity index (χ1v) is 13.0. The predicted molar refractivity (Wildman–Crippen MR) is 128 cm³/mol. The van der Waals surface area contributed by atoms with Gasteiger partial charge < -0.3 is 15.0 Å². The van der Waals surface area contributed by atoms with E-state index in [4.69, 9.17) is 0 Å². The summed E-state index contributed by atoms with van der Waals surface area (Å²) in [5, 5.41) is 3.04. The maximum Gasteiger partial charge on any atom is 0.387 e. The Balaban J connectivity index is 1.58. The van der Waals surface area contributed by atoms with Crippen LogP contribution in [0, 0.1) is 11.3 Å². The smallest absolute Gasteiger partial charge is 0.387 e. The molecule has 1 saturated heterocycles. The molecule has 0 spiro atoms. The number of halogens is 2. The van der Waals surface area contributed by atoms with E-state index in [9.17, 15) is 22.0 Å². The van der Waals surface area contributed by atoms with Crippen molar-refractivity contribution in [1.29, 1.82) is 0 Å². The lowest BCUT2D eigenvalue weighted by Crippen LogP contribution is -2.46. The van der Waals surface area contributed by atoms with Gasteiger partial charge in [0.15, 0.2) is 0 Å². The first-order valence-electron chi connectivity index (χ1n) is 11.6. The molecule has 1 aromatic rings. The van der Waals surface area contributed by atoms with Crippen LogP contribution in [0.15, 0.2) is 23.1 Å². The molecule has 2 aliphatic rings. The second-order valence-corrected chi connectivity index (χ2v) is 12.1. The van der Waals surface area contributed by atoms with E-state index in [0.717, 1.165) is 12.1 Å². The Hall–Kier alpha value is -2.04. The van der Waals surface area contributed by atoms with Crippen molar-refractivity contribution < 1.29 is 26.7 Å². The Labute approximate surface area is 201 Å². The molecule has 0 atom stereocenters. The summed E-state index contributed by atoms with van der Waals surface area (Å²) in [5.41, 5.74) is 1.42. The minimum absolute atomic E-state index is 0.0171. The SMILES string of the molecule is CN(C)CC(C)(C)CNC(=O)C1CCN(S(=O)(=O)C2=Cc3ccc(OC(F)F)cc3CC2)CC1. The number of amides is 1. The molecule has 1 aliphatic carbocycles. The normalized spacial score (nSPS) is 18.1. The highest BCUT2D eigenvalue weighted by Gasteiger charge is 2.34. The largest absolute Gasteiger partial charge is 0.435 e. The molecular formula is C24H35F2N3O4S. The first-order chi connectivity index (χ1) is 15.9. The number of hydrogen-bond donors (Lipinski definition) is 1. The maximum absolute atomic E-state index is 13.2. The lowest BCUT2D eigenvalue weighted by molar-refractivity contribution is -0.126. The highest BCUT2D eigenvalue weighted by molar-refractivity contribution is 7.93. The van der Waals surface area contributed by atoms with Gasteiger partial charge in [0.05, 0.1) is 4.91 Å². The van der Waals surface area contributed by atoms with Gasteiger partial charge in [-0.2, -0.15) is 13.1 Å². The van der Waals surface area contributed by atoms with Crippen LogP contribution in [0.3, 0.4) is 0 Å². The molecule has 0 unspecified atom stereocenters. The zero-order chi connectivity index (χ0) is 25.1. The second kappa shape index (κ2) is 10.7. The van der Waals surface area contributed by atoms with Crippen LogP contribution in [0.4, 0.5) is 8.78 Å². The molecule has 0 saturated carbocycles. The predicted octanol–water partition coefficient (Wildman–Crippen LogP) is 3.32. The van der Waals surface area contributed by atoms with E-state index in [2.05, 4.69) is 28.8 Å². The van der Waals surface area contributed by atoms with E-state index >= 15 is 0 Å². The number of carbonyl (C=O) groups excluding carboxylic acids is 1. The van der Waals surface area contributed by atoms with E-state index in [1.165, 1.54) is 16.4 Å². The molecule has 1 fully saturated rings. The Morgan fingerprint density at radius 2 is 1.91 bits per heavy atom. The molecule has 190 valence electrons. The molecule has 1 aromatic carbocycles. The lowest BCUT2D eigenvalue weighted by atomic mass is 9.91. The van der Waals surface area contributed by atoms with Crippen molar-refractivity contribution in [3.63, 3.8) is 0 Å². The fourth-order valence-electron chi connectivity index (χ4n) is 4.73. The van der Waals surface area contributed by atoms with Crippen LogP contribution in [0.1, 0.15) is 44.2 Å². The quantitative estimate of drug-likeness (QED) is 0.564. The van der Waals surface area contributed by atoms with Gasteiger partial charge in [-0.1, -0.05) is 19.9 Å². The molecule has 1 aliphatic heterocycles. The molecule has 3 rings (SSSR count). The van der Waals surface area contributed by atoms with E-state index in [0.29, 0.717) is 55.8 Å². The average Bonchev–Trinajstić information content (AvgIpc) is 2.76. The first kappa shape index (κ1) is 26.6. The highest BCUT2D eigenvalue weighted by Crippen LogP contribution is 2.33. The summed E-state index contributed by atoms with van der Waals surface area (Å²) < 4.78 is 57.2. The highest BCUT2D eigenvalue weighted by atomic mass is 32.2. The number of allylic oxidation sites excluding steroid dienone is 1. The summed E-state index contributed by atoms with van der Waals surface area (Å²) in [6, 6.07) is 4.56. The van der Waals surface area contributed by atoms with Crippen LogP contribution in [-0.4, -0.2) is 70.4 Å². The van der Waals surface area contributed by atoms with E-state index < -0.39 is 16.6 Å². The van der Waals surface area contributed by atoms with Crippen LogP contribution in [-0.2, 0) is 21.2 Å². The average molecular weight is 500 g/mol. The van der Waals surface area contributed by atoms with Crippen molar-refractivity contribution in [2.75, 3.05) is 40.3 Å². The lowest BCUT2D eigenvalue weighted by Gasteiger charge is -2.33. The molecule has 0 aromatic heterocycles. The molecule has 1 amide bonds. The van der Waals surface area contributed by atoms with E-state index in [-0.39, 0.29) is 23.0 Å². The van der Waals surface area contributed by atoms with Crippen LogP contribution in [0.2, 0.25) is 0 Å². The number of carbonyl (C=O) groups is 1. The van der Waals surface area contributed by atoms with Crippen LogP contribution >= 0.6 is 0 Å². The van der Waals surface area contributed by atoms with Gasteiger partial charge in [-0.25, -0.2) is 8.42 Å². The standard InChI is InChI=1S/C24H35F2N3O4S/c1-24(2,16-28(3)4)15-27-22(30)17-9-11-29(12-10-17)34(31,32)21-8-6-18-13-20(33-23(25)26)7-5-19(18)14-21/h5,7,13-14,17,23H,6,8-12,15-16H2,1-4H3,(H,27,30). The van der Waals surface area contributed by atoms with Gasteiger partial charge in [-0.15, -0.1) is 0 Å². The van der Waals surface area contributed by atoms with Crippen molar-refractivity contribution in [3.8, 4) is 5.75 Å². The van der Waals surface area contributed by atoms with Gasteiger partial charge in [-0.05, 0) is 74.5 Å². The maximum atomic E-state index is 13.2. The van der Waals surface area contributed by atoms with Gasteiger partial charge in [0, 0.05) is 32.1 Å². The Morgan fingerprint density at radius 3 is 2.53 bits per heavy atom. The van der Waals surface area contributed by atoms with Crippen molar-refractivity contribution in [2.24, 2.45) is 11.3 Å². The molecule has 0 bridgehead atoms. The zero-order valence-corrected chi connectivity index (χ0v) is 21.1. The molecular weight excluding hydrogens is 464 g/mol. The topological polar surface area (TPSA) is 79.0 Å². The molecule has 10 heteroatoms. The molecule has 0 radical (unpaired) electrons. The molecule has 7 nitrogen and oxygen atoms in total. The number of sulfonamides is 1. The summed E-state index contributed by atoms with van der Waals surface area (Å²) in [4.78, 5) is 15.1. The van der Waals surface area contributed by atoms with Gasteiger partial charge in [-0.3, -0.25) is 4.79 Å². The van der Waals surface area contributed by atoms with Crippen LogP contribution < -0.4 is 10.1 Å². The minimum atomic E-state index is -3.65. The Morgan fingerprint density at radius 1 is 1.24 bits per heavy atom. The summed E-state index contributed by atoms with van der Waals surface area (Å²) in [6.45, 7) is 3.32. The Bertz CT molecular complexity index is 1020. The number of hydrogen-bond acceptors (Lipinski definition) is 5. The number of fused-ring (bicyclic) bond motifs is 1. The number of ether oxygens (including phenoxy) is 1. The van der Waals surface area contributed by atoms with Gasteiger partial charge >= 0.3 is 6.61 Å². The molecule has 34 heavy (non-hydrogen) atoms. The van der Waals surface area contributed by atoms with Gasteiger partial charge in [0.2, 0.25) is 15.9 Å². The number of alkyl halides is 2. The summed E-state index contributed by atoms with van der Waals surface area (Å²) >= 11 is 0. The number of piperidine rings is 1. The van der Waals surface area contributed by atoms with Crippen molar-refractivity contribution in [3.05, 3.63) is 34.2 Å². The number of rotatable bonds is 9. The number of nitrogens with zero attached hydrogens (tertiary/aromatic N) is 2. The van der Waals surface area contributed by atoms with Crippen molar-refractivity contribution in [1.82, 2.24) is 14.5 Å². The Kier molecular flexibility index (Phi) is 8.36. The fraction of sp³-hybridized carbons (Fsp3) is 0.625. The minimum Gasteiger partial charge on any atom is -0.435 e. The monoisotopic (exact) mass is 499 g/mol. The van der Waals surface area contributed by atoms with E-state index in [1.54, 1.807) is 12.1 Å². The molecule has 1 N–H and O–H groups in total. The van der Waals surface area contributed by atoms with Gasteiger partial charge in [0.1, 0.15) is 5.75 Å². The number of nitrogens with one attached hydrogen (secondary N) is 1. The van der Waals surface area contributed by atoms with Crippen LogP contribution in [0.25, 0.3) is 6.08 Å². The summed E-state index contributed by atoms with van der Waals surface area (Å²) in [6.07, 6.45) is 3.32. The van der Waals surface area contributed by atoms with E-state index in [1.807, 2.05) is 14.1 Å². The third-order valence-corrected chi connectivity index (χ3v) is 8.31.